The summed E-state index contributed by atoms with van der Waals surface area (Å²) in [5, 5.41) is 6.92. The highest BCUT2D eigenvalue weighted by molar-refractivity contribution is 6.12. The maximum Gasteiger partial charge on any atom is 0.408 e. The van der Waals surface area contributed by atoms with Crippen LogP contribution in [0, 0.1) is 0 Å². The van der Waals surface area contributed by atoms with Crippen molar-refractivity contribution in [1.29, 1.82) is 0 Å². The molecule has 4 rings (SSSR count). The molecule has 0 radical (unpaired) electrons. The van der Waals surface area contributed by atoms with Crippen molar-refractivity contribution < 1.29 is 23.9 Å². The summed E-state index contributed by atoms with van der Waals surface area (Å²) < 4.78 is 12.1. The molecule has 3 aromatic rings. The fourth-order valence-corrected chi connectivity index (χ4v) is 4.46. The van der Waals surface area contributed by atoms with Crippen molar-refractivity contribution in [2.24, 2.45) is 0 Å². The predicted molar refractivity (Wildman–Crippen MR) is 129 cm³/mol. The molecule has 182 valence electrons. The molecule has 9 nitrogen and oxygen atoms in total. The van der Waals surface area contributed by atoms with Crippen LogP contribution in [0.5, 0.6) is 5.75 Å². The molecule has 2 amide bonds. The van der Waals surface area contributed by atoms with Gasteiger partial charge < -0.3 is 19.7 Å². The van der Waals surface area contributed by atoms with Gasteiger partial charge in [0.1, 0.15) is 17.3 Å². The lowest BCUT2D eigenvalue weighted by Gasteiger charge is -2.37. The first-order chi connectivity index (χ1) is 16.6. The van der Waals surface area contributed by atoms with Crippen molar-refractivity contribution in [3.8, 4) is 5.75 Å². The molecular formula is C26H28N4O5. The Morgan fingerprint density at radius 2 is 1.83 bits per heavy atom. The van der Waals surface area contributed by atoms with E-state index < -0.39 is 35.0 Å². The lowest BCUT2D eigenvalue weighted by molar-refractivity contribution is -0.124. The second-order valence-corrected chi connectivity index (χ2v) is 9.31. The molecule has 0 fully saturated rings. The number of carbonyl (C=O) groups is 3. The number of anilines is 1. The number of rotatable bonds is 5. The first-order valence-electron chi connectivity index (χ1n) is 11.1. The summed E-state index contributed by atoms with van der Waals surface area (Å²) in [6.45, 7) is 5.18. The summed E-state index contributed by atoms with van der Waals surface area (Å²) in [4.78, 5) is 42.7. The van der Waals surface area contributed by atoms with Gasteiger partial charge in [0, 0.05) is 30.7 Å². The van der Waals surface area contributed by atoms with E-state index in [1.54, 1.807) is 82.4 Å². The molecular weight excluding hydrogens is 448 g/mol. The number of aromatic nitrogens is 2. The standard InChI is InChI=1S/C26H28N4O5/c1-25(2,3)35-24(33)28-26(19-12-6-7-13-20(19)29(4)23(26)32)21(22(31)30-15-9-14-27-30)17-10-8-11-18(16-17)34-5/h6-16,21H,1-5H3,(H,28,33)/t21-,26+/m1/s1. The minimum Gasteiger partial charge on any atom is -0.497 e. The topological polar surface area (TPSA) is 103 Å². The highest BCUT2D eigenvalue weighted by Gasteiger charge is 2.59. The van der Waals surface area contributed by atoms with E-state index in [0.717, 1.165) is 4.68 Å². The third kappa shape index (κ3) is 4.25. The van der Waals surface area contributed by atoms with E-state index in [2.05, 4.69) is 10.4 Å². The van der Waals surface area contributed by atoms with Crippen molar-refractivity contribution in [2.75, 3.05) is 19.1 Å². The number of alkyl carbamates (subject to hydrolysis) is 1. The van der Waals surface area contributed by atoms with Gasteiger partial charge >= 0.3 is 6.09 Å². The van der Waals surface area contributed by atoms with Crippen LogP contribution >= 0.6 is 0 Å². The maximum atomic E-state index is 14.1. The van der Waals surface area contributed by atoms with Gasteiger partial charge in [0.25, 0.3) is 11.8 Å². The van der Waals surface area contributed by atoms with Crippen LogP contribution in [-0.4, -0.2) is 47.4 Å². The van der Waals surface area contributed by atoms with Gasteiger partial charge in [-0.3, -0.25) is 9.59 Å². The highest BCUT2D eigenvalue weighted by Crippen LogP contribution is 2.49. The van der Waals surface area contributed by atoms with E-state index in [9.17, 15) is 14.4 Å². The molecule has 0 bridgehead atoms. The fourth-order valence-electron chi connectivity index (χ4n) is 4.46. The number of benzene rings is 2. The zero-order chi connectivity index (χ0) is 25.4. The lowest BCUT2D eigenvalue weighted by Crippen LogP contribution is -2.59. The highest BCUT2D eigenvalue weighted by atomic mass is 16.6. The van der Waals surface area contributed by atoms with Gasteiger partial charge in [-0.15, -0.1) is 0 Å². The number of likely N-dealkylation sites (N-methyl/N-ethyl adjacent to an activating group) is 1. The first kappa shape index (κ1) is 24.0. The molecule has 0 spiro atoms. The molecule has 1 N–H and O–H groups in total. The van der Waals surface area contributed by atoms with Gasteiger partial charge in [-0.1, -0.05) is 30.3 Å². The minimum atomic E-state index is -1.80. The second-order valence-electron chi connectivity index (χ2n) is 9.31. The lowest BCUT2D eigenvalue weighted by atomic mass is 9.74. The summed E-state index contributed by atoms with van der Waals surface area (Å²) in [5.41, 5.74) is -1.10. The maximum absolute atomic E-state index is 14.1. The van der Waals surface area contributed by atoms with E-state index in [-0.39, 0.29) is 0 Å². The Hall–Kier alpha value is -4.14. The number of para-hydroxylation sites is 1. The van der Waals surface area contributed by atoms with Gasteiger partial charge in [0.05, 0.1) is 7.11 Å². The first-order valence-corrected chi connectivity index (χ1v) is 11.1. The van der Waals surface area contributed by atoms with Gasteiger partial charge in [-0.2, -0.15) is 5.10 Å². The number of carbonyl (C=O) groups excluding carboxylic acids is 3. The Labute approximate surface area is 203 Å². The van der Waals surface area contributed by atoms with Crippen LogP contribution in [0.1, 0.15) is 42.6 Å². The fraction of sp³-hybridized carbons (Fsp3) is 0.308. The Balaban J connectivity index is 2.00. The van der Waals surface area contributed by atoms with Gasteiger partial charge in [0.2, 0.25) is 0 Å². The molecule has 1 aromatic heterocycles. The Kier molecular flexibility index (Phi) is 6.10. The molecule has 0 saturated carbocycles. The molecule has 0 saturated heterocycles. The van der Waals surface area contributed by atoms with Crippen molar-refractivity contribution in [3.63, 3.8) is 0 Å². The molecule has 9 heteroatoms. The van der Waals surface area contributed by atoms with Crippen LogP contribution in [0.25, 0.3) is 0 Å². The van der Waals surface area contributed by atoms with E-state index in [4.69, 9.17) is 9.47 Å². The van der Waals surface area contributed by atoms with Crippen molar-refractivity contribution >= 4 is 23.6 Å². The van der Waals surface area contributed by atoms with Crippen molar-refractivity contribution in [3.05, 3.63) is 78.1 Å². The van der Waals surface area contributed by atoms with E-state index in [1.807, 2.05) is 0 Å². The molecule has 0 unspecified atom stereocenters. The van der Waals surface area contributed by atoms with Crippen LogP contribution in [0.3, 0.4) is 0 Å². The largest absolute Gasteiger partial charge is 0.497 e. The predicted octanol–water partition coefficient (Wildman–Crippen LogP) is 3.71. The van der Waals surface area contributed by atoms with Crippen LogP contribution < -0.4 is 15.0 Å². The molecule has 2 aromatic carbocycles. The zero-order valence-electron chi connectivity index (χ0n) is 20.3. The third-order valence-electron chi connectivity index (χ3n) is 5.87. The SMILES string of the molecule is COc1cccc([C@H](C(=O)n2cccn2)[C@]2(NC(=O)OC(C)(C)C)C(=O)N(C)c3ccccc32)c1. The quantitative estimate of drug-likeness (QED) is 0.602. The van der Waals surface area contributed by atoms with E-state index >= 15 is 0 Å². The molecule has 0 aliphatic carbocycles. The monoisotopic (exact) mass is 476 g/mol. The van der Waals surface area contributed by atoms with E-state index in [0.29, 0.717) is 22.6 Å². The minimum absolute atomic E-state index is 0.472. The van der Waals surface area contributed by atoms with Crippen molar-refractivity contribution in [2.45, 2.75) is 37.8 Å². The summed E-state index contributed by atoms with van der Waals surface area (Å²) >= 11 is 0. The molecule has 35 heavy (non-hydrogen) atoms. The molecule has 1 aliphatic rings. The van der Waals surface area contributed by atoms with Crippen LogP contribution in [0.2, 0.25) is 0 Å². The summed E-state index contributed by atoms with van der Waals surface area (Å²) in [6.07, 6.45) is 2.16. The number of nitrogens with one attached hydrogen (secondary N) is 1. The number of hydrogen-bond donors (Lipinski definition) is 1. The normalized spacial score (nSPS) is 18.1. The number of hydrogen-bond acceptors (Lipinski definition) is 6. The summed E-state index contributed by atoms with van der Waals surface area (Å²) in [6, 6.07) is 15.5. The van der Waals surface area contributed by atoms with Crippen LogP contribution in [0.4, 0.5) is 10.5 Å². The van der Waals surface area contributed by atoms with Gasteiger partial charge in [-0.25, -0.2) is 9.48 Å². The Bertz CT molecular complexity index is 1260. The number of ether oxygens (including phenoxy) is 2. The van der Waals surface area contributed by atoms with Crippen molar-refractivity contribution in [1.82, 2.24) is 15.1 Å². The van der Waals surface area contributed by atoms with Crippen LogP contribution in [-0.2, 0) is 15.1 Å². The Morgan fingerprint density at radius 3 is 2.49 bits per heavy atom. The summed E-state index contributed by atoms with van der Waals surface area (Å²) in [7, 11) is 3.13. The van der Waals surface area contributed by atoms with E-state index in [1.165, 1.54) is 24.4 Å². The molecule has 2 heterocycles. The van der Waals surface area contributed by atoms with Crippen LogP contribution in [0.15, 0.2) is 67.0 Å². The number of amides is 2. The molecule has 2 atom stereocenters. The van der Waals surface area contributed by atoms with Gasteiger partial charge in [-0.05, 0) is 50.6 Å². The average Bonchev–Trinajstić information content (AvgIpc) is 3.42. The third-order valence-corrected chi connectivity index (χ3v) is 5.87. The number of nitrogens with zero attached hydrogens (tertiary/aromatic N) is 3. The average molecular weight is 477 g/mol. The number of fused-ring (bicyclic) bond motifs is 1. The Morgan fingerprint density at radius 1 is 1.09 bits per heavy atom. The smallest absolute Gasteiger partial charge is 0.408 e. The summed E-state index contributed by atoms with van der Waals surface area (Å²) in [5.74, 6) is -1.67. The number of methoxy groups -OCH3 is 1. The molecule has 1 aliphatic heterocycles. The van der Waals surface area contributed by atoms with Gasteiger partial charge in [0.15, 0.2) is 5.54 Å². The second kappa shape index (κ2) is 8.90. The zero-order valence-corrected chi connectivity index (χ0v) is 20.3.